The van der Waals surface area contributed by atoms with Crippen LogP contribution < -0.4 is 19.1 Å². The van der Waals surface area contributed by atoms with Crippen molar-refractivity contribution in [2.45, 2.75) is 19.3 Å². The second kappa shape index (κ2) is 9.09. The molecule has 1 N–H and O–H groups in total. The maximum atomic E-state index is 12.1. The number of hydrogen-bond acceptors (Lipinski definition) is 6. The van der Waals surface area contributed by atoms with Gasteiger partial charge in [0.25, 0.3) is 0 Å². The Labute approximate surface area is 155 Å². The Morgan fingerprint density at radius 1 is 1.15 bits per heavy atom. The monoisotopic (exact) mass is 385 g/mol. The lowest BCUT2D eigenvalue weighted by Crippen LogP contribution is -2.32. The maximum Gasteiger partial charge on any atom is 0.232 e. The molecular formula is C17H27N3O5S. The number of benzene rings is 1. The predicted octanol–water partition coefficient (Wildman–Crippen LogP) is 1.03. The Balaban J connectivity index is 1.86. The zero-order chi connectivity index (χ0) is 19.2. The van der Waals surface area contributed by atoms with Crippen LogP contribution in [0.15, 0.2) is 18.2 Å². The van der Waals surface area contributed by atoms with E-state index in [1.54, 1.807) is 18.2 Å². The molecule has 1 heterocycles. The van der Waals surface area contributed by atoms with E-state index in [9.17, 15) is 13.2 Å². The Morgan fingerprint density at radius 3 is 2.58 bits per heavy atom. The second-order valence-corrected chi connectivity index (χ2v) is 8.39. The number of fused-ring (bicyclic) bond motifs is 1. The van der Waals surface area contributed by atoms with E-state index < -0.39 is 10.0 Å². The van der Waals surface area contributed by atoms with E-state index in [1.807, 2.05) is 14.1 Å². The number of nitrogens with one attached hydrogen (secondary N) is 1. The van der Waals surface area contributed by atoms with E-state index in [0.717, 1.165) is 19.2 Å². The molecule has 146 valence electrons. The smallest absolute Gasteiger partial charge is 0.232 e. The van der Waals surface area contributed by atoms with Crippen molar-refractivity contribution in [1.29, 1.82) is 0 Å². The molecular weight excluding hydrogens is 358 g/mol. The van der Waals surface area contributed by atoms with E-state index in [2.05, 4.69) is 10.2 Å². The van der Waals surface area contributed by atoms with E-state index in [-0.39, 0.29) is 25.7 Å². The lowest BCUT2D eigenvalue weighted by Gasteiger charge is -2.22. The summed E-state index contributed by atoms with van der Waals surface area (Å²) in [4.78, 5) is 13.9. The molecule has 26 heavy (non-hydrogen) atoms. The summed E-state index contributed by atoms with van der Waals surface area (Å²) in [7, 11) is 0.504. The summed E-state index contributed by atoms with van der Waals surface area (Å²) >= 11 is 0. The lowest BCUT2D eigenvalue weighted by molar-refractivity contribution is -0.121. The van der Waals surface area contributed by atoms with Gasteiger partial charge in [0.15, 0.2) is 11.5 Å². The average Bonchev–Trinajstić information content (AvgIpc) is 3.01. The first-order valence-electron chi connectivity index (χ1n) is 8.56. The van der Waals surface area contributed by atoms with E-state index in [4.69, 9.17) is 9.47 Å². The van der Waals surface area contributed by atoms with Crippen LogP contribution in [-0.4, -0.2) is 66.0 Å². The minimum atomic E-state index is -3.46. The van der Waals surface area contributed by atoms with Gasteiger partial charge in [-0.25, -0.2) is 8.42 Å². The molecule has 2 rings (SSSR count). The van der Waals surface area contributed by atoms with Crippen LogP contribution in [0.25, 0.3) is 0 Å². The first-order valence-corrected chi connectivity index (χ1v) is 10.4. The summed E-state index contributed by atoms with van der Waals surface area (Å²) in [6.07, 6.45) is 2.74. The van der Waals surface area contributed by atoms with Crippen LogP contribution in [0.4, 0.5) is 5.69 Å². The molecule has 1 aliphatic rings. The van der Waals surface area contributed by atoms with Crippen molar-refractivity contribution >= 4 is 21.6 Å². The summed E-state index contributed by atoms with van der Waals surface area (Å²) in [5.74, 6) is 1.05. The minimum Gasteiger partial charge on any atom is -0.454 e. The van der Waals surface area contributed by atoms with Gasteiger partial charge in [-0.3, -0.25) is 9.10 Å². The number of carbonyl (C=O) groups excluding carboxylic acids is 1. The number of nitrogens with zero attached hydrogens (tertiary/aromatic N) is 2. The predicted molar refractivity (Wildman–Crippen MR) is 100 cm³/mol. The standard InChI is InChI=1S/C17H27N3O5S/c1-19(2)10-5-9-18-17(21)6-4-11-20(26(3,22)23)14-7-8-15-16(12-14)25-13-24-15/h7-8,12H,4-6,9-11,13H2,1-3H3,(H,18,21). The maximum absolute atomic E-state index is 12.1. The average molecular weight is 385 g/mol. The lowest BCUT2D eigenvalue weighted by atomic mass is 10.2. The van der Waals surface area contributed by atoms with Crippen molar-refractivity contribution in [3.8, 4) is 11.5 Å². The van der Waals surface area contributed by atoms with Crippen molar-refractivity contribution in [3.63, 3.8) is 0 Å². The fourth-order valence-electron chi connectivity index (χ4n) is 2.62. The summed E-state index contributed by atoms with van der Waals surface area (Å²) in [6, 6.07) is 5.01. The molecule has 0 aromatic heterocycles. The first kappa shape index (κ1) is 20.3. The highest BCUT2D eigenvalue weighted by Crippen LogP contribution is 2.36. The van der Waals surface area contributed by atoms with Crippen molar-refractivity contribution in [1.82, 2.24) is 10.2 Å². The minimum absolute atomic E-state index is 0.0668. The number of rotatable bonds is 10. The van der Waals surface area contributed by atoms with Crippen LogP contribution in [0.3, 0.4) is 0 Å². The third kappa shape index (κ3) is 6.06. The van der Waals surface area contributed by atoms with Gasteiger partial charge < -0.3 is 19.7 Å². The van der Waals surface area contributed by atoms with Crippen LogP contribution in [-0.2, 0) is 14.8 Å². The van der Waals surface area contributed by atoms with Crippen LogP contribution >= 0.6 is 0 Å². The van der Waals surface area contributed by atoms with Crippen molar-refractivity contribution in [3.05, 3.63) is 18.2 Å². The van der Waals surface area contributed by atoms with Gasteiger partial charge in [-0.05, 0) is 45.6 Å². The molecule has 1 amide bonds. The van der Waals surface area contributed by atoms with E-state index >= 15 is 0 Å². The summed E-state index contributed by atoms with van der Waals surface area (Å²) < 4.78 is 36.1. The van der Waals surface area contributed by atoms with Crippen LogP contribution in [0.2, 0.25) is 0 Å². The Hall–Kier alpha value is -2.00. The molecule has 8 nitrogen and oxygen atoms in total. The summed E-state index contributed by atoms with van der Waals surface area (Å²) in [6.45, 7) is 1.89. The third-order valence-corrected chi connectivity index (χ3v) is 5.11. The fraction of sp³-hybridized carbons (Fsp3) is 0.588. The third-order valence-electron chi connectivity index (χ3n) is 3.91. The normalized spacial score (nSPS) is 13.1. The molecule has 0 bridgehead atoms. The molecule has 9 heteroatoms. The summed E-state index contributed by atoms with van der Waals surface area (Å²) in [5, 5.41) is 2.85. The van der Waals surface area contributed by atoms with Gasteiger partial charge in [-0.1, -0.05) is 0 Å². The highest BCUT2D eigenvalue weighted by molar-refractivity contribution is 7.92. The molecule has 1 aromatic rings. The van der Waals surface area contributed by atoms with E-state index in [0.29, 0.717) is 30.2 Å². The van der Waals surface area contributed by atoms with Gasteiger partial charge >= 0.3 is 0 Å². The Bertz CT molecular complexity index is 721. The summed E-state index contributed by atoms with van der Waals surface area (Å²) in [5.41, 5.74) is 0.503. The van der Waals surface area contributed by atoms with E-state index in [1.165, 1.54) is 4.31 Å². The molecule has 0 unspecified atom stereocenters. The number of anilines is 1. The Morgan fingerprint density at radius 2 is 1.88 bits per heavy atom. The zero-order valence-corrected chi connectivity index (χ0v) is 16.3. The highest BCUT2D eigenvalue weighted by atomic mass is 32.2. The van der Waals surface area contributed by atoms with Gasteiger partial charge in [0.1, 0.15) is 0 Å². The molecule has 1 aromatic carbocycles. The topological polar surface area (TPSA) is 88.2 Å². The quantitative estimate of drug-likeness (QED) is 0.605. The van der Waals surface area contributed by atoms with Crippen LogP contribution in [0.5, 0.6) is 11.5 Å². The van der Waals surface area contributed by atoms with Gasteiger partial charge in [-0.15, -0.1) is 0 Å². The zero-order valence-electron chi connectivity index (χ0n) is 15.5. The number of sulfonamides is 1. The number of hydrogen-bond donors (Lipinski definition) is 1. The van der Waals surface area contributed by atoms with Crippen molar-refractivity contribution in [2.24, 2.45) is 0 Å². The number of amides is 1. The molecule has 0 saturated carbocycles. The molecule has 1 aliphatic heterocycles. The first-order chi connectivity index (χ1) is 12.3. The Kier molecular flexibility index (Phi) is 7.10. The van der Waals surface area contributed by atoms with Crippen LogP contribution in [0, 0.1) is 0 Å². The van der Waals surface area contributed by atoms with Gasteiger partial charge in [0, 0.05) is 25.6 Å². The molecule has 0 aliphatic carbocycles. The van der Waals surface area contributed by atoms with Gasteiger partial charge in [0.2, 0.25) is 22.7 Å². The number of ether oxygens (including phenoxy) is 2. The molecule has 0 atom stereocenters. The number of carbonyl (C=O) groups is 1. The largest absolute Gasteiger partial charge is 0.454 e. The fourth-order valence-corrected chi connectivity index (χ4v) is 3.58. The highest BCUT2D eigenvalue weighted by Gasteiger charge is 2.21. The molecule has 0 fully saturated rings. The van der Waals surface area contributed by atoms with Crippen molar-refractivity contribution in [2.75, 3.05) is 51.1 Å². The second-order valence-electron chi connectivity index (χ2n) is 6.48. The van der Waals surface area contributed by atoms with Gasteiger partial charge in [-0.2, -0.15) is 0 Å². The van der Waals surface area contributed by atoms with Crippen LogP contribution in [0.1, 0.15) is 19.3 Å². The SMILES string of the molecule is CN(C)CCCNC(=O)CCCN(c1ccc2c(c1)OCO2)S(C)(=O)=O. The van der Waals surface area contributed by atoms with Gasteiger partial charge in [0.05, 0.1) is 11.9 Å². The van der Waals surface area contributed by atoms with Crippen molar-refractivity contribution < 1.29 is 22.7 Å². The molecule has 0 radical (unpaired) electrons. The molecule has 0 spiro atoms. The molecule has 0 saturated heterocycles.